The van der Waals surface area contributed by atoms with Crippen LogP contribution in [0.15, 0.2) is 45.8 Å². The van der Waals surface area contributed by atoms with E-state index in [1.807, 2.05) is 6.92 Å². The van der Waals surface area contributed by atoms with E-state index in [-0.39, 0.29) is 15.7 Å². The quantitative estimate of drug-likeness (QED) is 0.882. The summed E-state index contributed by atoms with van der Waals surface area (Å²) in [6, 6.07) is 9.63. The molecule has 2 aromatic rings. The first-order valence-corrected chi connectivity index (χ1v) is 8.52. The maximum absolute atomic E-state index is 12.3. The fourth-order valence-electron chi connectivity index (χ4n) is 1.64. The zero-order valence-electron chi connectivity index (χ0n) is 10.6. The van der Waals surface area contributed by atoms with Crippen molar-refractivity contribution in [2.75, 3.05) is 4.72 Å². The van der Waals surface area contributed by atoms with Crippen molar-refractivity contribution in [2.45, 2.75) is 18.2 Å². The van der Waals surface area contributed by atoms with Crippen LogP contribution in [0.5, 0.6) is 0 Å². The van der Waals surface area contributed by atoms with Gasteiger partial charge in [-0.25, -0.2) is 13.4 Å². The standard InChI is InChI=1S/C13H12BrClN2O2S/c1-2-11-9(14)7-8-13(16-11)17-20(18,19)12-6-4-3-5-10(12)15/h3-8H,2H2,1H3,(H,16,17). The molecule has 106 valence electrons. The van der Waals surface area contributed by atoms with Gasteiger partial charge in [0.25, 0.3) is 10.0 Å². The highest BCUT2D eigenvalue weighted by Gasteiger charge is 2.18. The van der Waals surface area contributed by atoms with Crippen molar-refractivity contribution in [1.29, 1.82) is 0 Å². The van der Waals surface area contributed by atoms with Crippen LogP contribution in [0.4, 0.5) is 5.82 Å². The van der Waals surface area contributed by atoms with E-state index in [0.717, 1.165) is 10.2 Å². The predicted molar refractivity (Wildman–Crippen MR) is 83.6 cm³/mol. The molecule has 0 amide bonds. The summed E-state index contributed by atoms with van der Waals surface area (Å²) in [6.45, 7) is 1.94. The number of nitrogens with one attached hydrogen (secondary N) is 1. The van der Waals surface area contributed by atoms with E-state index in [1.54, 1.807) is 24.3 Å². The lowest BCUT2D eigenvalue weighted by molar-refractivity contribution is 0.601. The van der Waals surface area contributed by atoms with Crippen LogP contribution in [0, 0.1) is 0 Å². The molecule has 0 radical (unpaired) electrons. The minimum absolute atomic E-state index is 0.0319. The van der Waals surface area contributed by atoms with Crippen molar-refractivity contribution in [3.8, 4) is 0 Å². The molecule has 0 unspecified atom stereocenters. The number of hydrogen-bond acceptors (Lipinski definition) is 3. The molecular weight excluding hydrogens is 364 g/mol. The Hall–Kier alpha value is -1.11. The number of halogens is 2. The lowest BCUT2D eigenvalue weighted by atomic mass is 10.3. The molecule has 1 aromatic carbocycles. The average Bonchev–Trinajstić information content (AvgIpc) is 2.41. The molecule has 0 bridgehead atoms. The van der Waals surface area contributed by atoms with Crippen molar-refractivity contribution < 1.29 is 8.42 Å². The molecule has 0 aliphatic rings. The molecular formula is C13H12BrClN2O2S. The Morgan fingerprint density at radius 1 is 1.25 bits per heavy atom. The van der Waals surface area contributed by atoms with Gasteiger partial charge in [-0.3, -0.25) is 4.72 Å². The van der Waals surface area contributed by atoms with Gasteiger partial charge in [-0.2, -0.15) is 0 Å². The first-order valence-electron chi connectivity index (χ1n) is 5.87. The Morgan fingerprint density at radius 3 is 2.60 bits per heavy atom. The van der Waals surface area contributed by atoms with Crippen molar-refractivity contribution >= 4 is 43.4 Å². The van der Waals surface area contributed by atoms with Crippen LogP contribution in [0.2, 0.25) is 5.02 Å². The molecule has 0 saturated heterocycles. The summed E-state index contributed by atoms with van der Waals surface area (Å²) in [4.78, 5) is 4.28. The summed E-state index contributed by atoms with van der Waals surface area (Å²) < 4.78 is 27.8. The third-order valence-corrected chi connectivity index (χ3v) is 5.20. The van der Waals surface area contributed by atoms with Crippen molar-refractivity contribution in [3.63, 3.8) is 0 Å². The molecule has 1 N–H and O–H groups in total. The number of benzene rings is 1. The third kappa shape index (κ3) is 3.31. The number of pyridine rings is 1. The van der Waals surface area contributed by atoms with Crippen LogP contribution in [-0.4, -0.2) is 13.4 Å². The monoisotopic (exact) mass is 374 g/mol. The van der Waals surface area contributed by atoms with Crippen LogP contribution in [0.1, 0.15) is 12.6 Å². The van der Waals surface area contributed by atoms with Gasteiger partial charge < -0.3 is 0 Å². The highest BCUT2D eigenvalue weighted by molar-refractivity contribution is 9.10. The Labute approximate surface area is 131 Å². The summed E-state index contributed by atoms with van der Waals surface area (Å²) in [7, 11) is -3.74. The topological polar surface area (TPSA) is 59.1 Å². The summed E-state index contributed by atoms with van der Waals surface area (Å²) in [5.41, 5.74) is 0.782. The number of aryl methyl sites for hydroxylation is 1. The summed E-state index contributed by atoms with van der Waals surface area (Å²) in [5, 5.41) is 0.174. The van der Waals surface area contributed by atoms with Gasteiger partial charge in [-0.15, -0.1) is 0 Å². The number of hydrogen-bond donors (Lipinski definition) is 1. The Morgan fingerprint density at radius 2 is 1.95 bits per heavy atom. The lowest BCUT2D eigenvalue weighted by Crippen LogP contribution is -2.14. The first-order chi connectivity index (χ1) is 9.44. The molecule has 0 aliphatic carbocycles. The van der Waals surface area contributed by atoms with Crippen molar-refractivity contribution in [2.24, 2.45) is 0 Å². The van der Waals surface area contributed by atoms with Crippen molar-refractivity contribution in [1.82, 2.24) is 4.98 Å². The maximum atomic E-state index is 12.3. The SMILES string of the molecule is CCc1nc(NS(=O)(=O)c2ccccc2Cl)ccc1Br. The van der Waals surface area contributed by atoms with E-state index in [1.165, 1.54) is 12.1 Å². The fraction of sp³-hybridized carbons (Fsp3) is 0.154. The number of sulfonamides is 1. The van der Waals surface area contributed by atoms with Gasteiger partial charge in [-0.05, 0) is 46.6 Å². The maximum Gasteiger partial charge on any atom is 0.264 e. The number of rotatable bonds is 4. The number of nitrogens with zero attached hydrogens (tertiary/aromatic N) is 1. The van der Waals surface area contributed by atoms with Crippen molar-refractivity contribution in [3.05, 3.63) is 51.6 Å². The van der Waals surface area contributed by atoms with E-state index in [2.05, 4.69) is 25.6 Å². The molecule has 2 rings (SSSR count). The van der Waals surface area contributed by atoms with Crippen LogP contribution in [0.3, 0.4) is 0 Å². The average molecular weight is 376 g/mol. The Bertz CT molecular complexity index is 735. The van der Waals surface area contributed by atoms with E-state index in [0.29, 0.717) is 6.42 Å². The Balaban J connectivity index is 2.36. The van der Waals surface area contributed by atoms with Gasteiger partial charge in [-0.1, -0.05) is 30.7 Å². The van der Waals surface area contributed by atoms with E-state index in [4.69, 9.17) is 11.6 Å². The second-order valence-corrected chi connectivity index (χ2v) is 6.93. The number of anilines is 1. The van der Waals surface area contributed by atoms with E-state index >= 15 is 0 Å². The van der Waals surface area contributed by atoms with Gasteiger partial charge in [0.05, 0.1) is 10.7 Å². The van der Waals surface area contributed by atoms with Crippen LogP contribution >= 0.6 is 27.5 Å². The molecule has 1 heterocycles. The van der Waals surface area contributed by atoms with Crippen LogP contribution < -0.4 is 4.72 Å². The van der Waals surface area contributed by atoms with E-state index < -0.39 is 10.0 Å². The molecule has 0 spiro atoms. The summed E-state index contributed by atoms with van der Waals surface area (Å²) >= 11 is 9.28. The highest BCUT2D eigenvalue weighted by atomic mass is 79.9. The summed E-state index contributed by atoms with van der Waals surface area (Å²) in [6.07, 6.45) is 0.697. The predicted octanol–water partition coefficient (Wildman–Crippen LogP) is 3.86. The van der Waals surface area contributed by atoms with Crippen LogP contribution in [-0.2, 0) is 16.4 Å². The minimum atomic E-state index is -3.74. The molecule has 0 fully saturated rings. The minimum Gasteiger partial charge on any atom is -0.263 e. The van der Waals surface area contributed by atoms with Gasteiger partial charge in [0.1, 0.15) is 10.7 Å². The van der Waals surface area contributed by atoms with Crippen LogP contribution in [0.25, 0.3) is 0 Å². The zero-order chi connectivity index (χ0) is 14.8. The van der Waals surface area contributed by atoms with Gasteiger partial charge in [0.15, 0.2) is 0 Å². The highest BCUT2D eigenvalue weighted by Crippen LogP contribution is 2.24. The smallest absolute Gasteiger partial charge is 0.263 e. The first kappa shape index (κ1) is 15.3. The second-order valence-electron chi connectivity index (χ2n) is 4.01. The number of aromatic nitrogens is 1. The molecule has 0 atom stereocenters. The molecule has 20 heavy (non-hydrogen) atoms. The lowest BCUT2D eigenvalue weighted by Gasteiger charge is -2.10. The zero-order valence-corrected chi connectivity index (χ0v) is 13.8. The molecule has 7 heteroatoms. The van der Waals surface area contributed by atoms with Gasteiger partial charge in [0, 0.05) is 4.47 Å². The third-order valence-electron chi connectivity index (χ3n) is 2.62. The summed E-state index contributed by atoms with van der Waals surface area (Å²) in [5.74, 6) is 0.268. The molecule has 0 aliphatic heterocycles. The van der Waals surface area contributed by atoms with Gasteiger partial charge in [0.2, 0.25) is 0 Å². The molecule has 1 aromatic heterocycles. The second kappa shape index (κ2) is 6.11. The fourth-order valence-corrected chi connectivity index (χ4v) is 3.67. The normalized spacial score (nSPS) is 11.3. The van der Waals surface area contributed by atoms with E-state index in [9.17, 15) is 8.42 Å². The van der Waals surface area contributed by atoms with Gasteiger partial charge >= 0.3 is 0 Å². The molecule has 0 saturated carbocycles. The largest absolute Gasteiger partial charge is 0.264 e. The molecule has 4 nitrogen and oxygen atoms in total. The Kier molecular flexibility index (Phi) is 4.67.